The number of nitrogens with zero attached hydrogens (tertiary/aromatic N) is 6. The van der Waals surface area contributed by atoms with Crippen LogP contribution in [-0.2, 0) is 70.4 Å². The van der Waals surface area contributed by atoms with Gasteiger partial charge in [0.15, 0.2) is 10.2 Å². The van der Waals surface area contributed by atoms with Gasteiger partial charge in [-0.3, -0.25) is 92.3 Å². The second-order valence-electron chi connectivity index (χ2n) is 21.5. The van der Waals surface area contributed by atoms with E-state index < -0.39 is 167 Å². The maximum atomic E-state index is 13.5. The quantitative estimate of drug-likeness (QED) is 0.0228. The average molecular weight is 1340 g/mol. The molecule has 0 bridgehead atoms. The molecule has 0 radical (unpaired) electrons. The van der Waals surface area contributed by atoms with Crippen molar-refractivity contribution in [2.75, 3.05) is 122 Å². The highest BCUT2D eigenvalue weighted by Crippen LogP contribution is 2.19. The molecule has 2 aromatic rings. The molecule has 1 aliphatic heterocycles. The van der Waals surface area contributed by atoms with Crippen LogP contribution < -0.4 is 37.6 Å². The Morgan fingerprint density at radius 3 is 1.20 bits per heavy atom. The molecule has 0 aromatic heterocycles. The Labute approximate surface area is 537 Å². The lowest BCUT2D eigenvalue weighted by Crippen LogP contribution is -2.60. The van der Waals surface area contributed by atoms with Gasteiger partial charge in [-0.2, -0.15) is 0 Å². The Kier molecular flexibility index (Phi) is 33.8. The third-order valence-corrected chi connectivity index (χ3v) is 14.4. The minimum Gasteiger partial charge on any atom is -0.480 e. The summed E-state index contributed by atoms with van der Waals surface area (Å²) >= 11 is 11.1. The summed E-state index contributed by atoms with van der Waals surface area (Å²) in [6.07, 6.45) is 1.01. The van der Waals surface area contributed by atoms with Gasteiger partial charge in [-0.05, 0) is 105 Å². The summed E-state index contributed by atoms with van der Waals surface area (Å²) in [5, 5.41) is 114. The monoisotopic (exact) mass is 1340 g/mol. The third-order valence-electron chi connectivity index (χ3n) is 13.9. The molecule has 0 aliphatic carbocycles. The molecular formula is C55H79N13O22S2. The SMILES string of the molecule is NC(=O)C1CCC(NC(=S)Nc2ccc(C[C@@H](CN(CCN(CC(=O)O)CC(=O)O)CC(=O)O)N(CC(=O)O)CC(=O)O)cc2)NC(CCCCNC(=S)Nc2ccc(C[C@@H](CN(CCN(CC(=O)O)CC(=O)O)CC(=O)O)N(CC(=O)O)CC(=O)O)cc2)C(=O)N1. The number of benzene rings is 2. The predicted molar refractivity (Wildman–Crippen MR) is 332 cm³/mol. The number of aliphatic carboxylic acids is 10. The lowest BCUT2D eigenvalue weighted by molar-refractivity contribution is -0.145. The largest absolute Gasteiger partial charge is 0.480 e. The van der Waals surface area contributed by atoms with Crippen LogP contribution in [0.15, 0.2) is 48.5 Å². The lowest BCUT2D eigenvalue weighted by atomic mass is 10.0. The van der Waals surface area contributed by atoms with Crippen molar-refractivity contribution in [3.05, 3.63) is 59.7 Å². The van der Waals surface area contributed by atoms with Crippen molar-refractivity contribution in [1.82, 2.24) is 50.7 Å². The smallest absolute Gasteiger partial charge is 0.317 e. The van der Waals surface area contributed by atoms with Crippen molar-refractivity contribution in [1.29, 1.82) is 0 Å². The summed E-state index contributed by atoms with van der Waals surface area (Å²) in [4.78, 5) is 150. The maximum absolute atomic E-state index is 13.5. The number of primary amides is 1. The molecule has 0 saturated carbocycles. The highest BCUT2D eigenvalue weighted by molar-refractivity contribution is 7.80. The number of hydrogen-bond donors (Lipinski definition) is 17. The average Bonchev–Trinajstić information content (AvgIpc) is 0.944. The second-order valence-corrected chi connectivity index (χ2v) is 22.4. The number of unbranched alkanes of at least 4 members (excludes halogenated alkanes) is 1. The fraction of sp³-hybridized carbons (Fsp3) is 0.527. The minimum atomic E-state index is -1.37. The zero-order valence-electron chi connectivity index (χ0n) is 49.9. The lowest BCUT2D eigenvalue weighted by Gasteiger charge is -2.34. The van der Waals surface area contributed by atoms with Crippen LogP contribution in [0.1, 0.15) is 43.2 Å². The van der Waals surface area contributed by atoms with E-state index in [4.69, 9.17) is 30.2 Å². The van der Waals surface area contributed by atoms with Gasteiger partial charge in [-0.25, -0.2) is 0 Å². The fourth-order valence-corrected chi connectivity index (χ4v) is 10.4. The van der Waals surface area contributed by atoms with Crippen LogP contribution in [0.4, 0.5) is 11.4 Å². The van der Waals surface area contributed by atoms with Crippen LogP contribution in [-0.4, -0.2) is 304 Å². The fourth-order valence-electron chi connectivity index (χ4n) is 9.94. The van der Waals surface area contributed by atoms with E-state index in [9.17, 15) is 109 Å². The summed E-state index contributed by atoms with van der Waals surface area (Å²) in [5.74, 6) is -14.6. The molecule has 92 heavy (non-hydrogen) atoms. The number of amides is 2. The van der Waals surface area contributed by atoms with E-state index in [1.165, 1.54) is 9.80 Å². The minimum absolute atomic E-state index is 0.00611. The first-order valence-electron chi connectivity index (χ1n) is 28.5. The molecule has 35 nitrogen and oxygen atoms in total. The van der Waals surface area contributed by atoms with Gasteiger partial charge >= 0.3 is 59.7 Å². The number of nitrogens with two attached hydrogens (primary N) is 1. The van der Waals surface area contributed by atoms with E-state index in [0.29, 0.717) is 41.9 Å². The first kappa shape index (κ1) is 77.4. The summed E-state index contributed by atoms with van der Waals surface area (Å²) in [6, 6.07) is 9.45. The van der Waals surface area contributed by atoms with Crippen molar-refractivity contribution in [2.45, 2.75) is 75.3 Å². The van der Waals surface area contributed by atoms with Crippen LogP contribution in [0.2, 0.25) is 0 Å². The topological polar surface area (TPSA) is 525 Å². The van der Waals surface area contributed by atoms with Gasteiger partial charge in [0, 0.05) is 69.3 Å². The molecule has 2 aromatic carbocycles. The number of carboxylic acid groups (broad SMARTS) is 10. The Morgan fingerprint density at radius 1 is 0.489 bits per heavy atom. The molecule has 1 heterocycles. The Hall–Kier alpha value is -8.82. The van der Waals surface area contributed by atoms with E-state index in [0.717, 1.165) is 19.6 Å². The molecule has 3 unspecified atom stereocenters. The zero-order chi connectivity index (χ0) is 68.6. The molecule has 0 spiro atoms. The molecule has 1 aliphatic rings. The van der Waals surface area contributed by atoms with Crippen LogP contribution in [0, 0.1) is 0 Å². The van der Waals surface area contributed by atoms with Crippen LogP contribution in [0.5, 0.6) is 0 Å². The standard InChI is InChI=1S/C55H79N13O22S2/c56-52(89)39-12-13-41(62-55(92)59-36-10-6-34(7-11-36)20-38(68(31-50(85)86)32-51(87)88)22-64(24-43(71)72)16-18-66(27-46(77)78)28-47(79)80)60-40(53(90)61-39)3-1-2-14-57-54(91)58-35-8-4-33(5-9-35)19-37(67(29-48(81)82)30-49(83)84)21-63(23-42(69)70)15-17-65(25-44(73)74)26-45(75)76/h4-11,37-41,60H,1-3,12-32H2,(H2,56,89)(H,61,90)(H,69,70)(H,71,72)(H,73,74)(H,75,76)(H,77,78)(H,79,80)(H,81,82)(H,83,84)(H,85,86)(H,87,88)(H2,57,58,91)(H2,59,62,92)/t37-,38-,39?,40?,41?/m0/s1. The van der Waals surface area contributed by atoms with Gasteiger partial charge in [0.05, 0.1) is 77.7 Å². The first-order chi connectivity index (χ1) is 43.3. The summed E-state index contributed by atoms with van der Waals surface area (Å²) in [6.45, 7) is -7.68. The van der Waals surface area contributed by atoms with Gasteiger partial charge in [-0.15, -0.1) is 0 Å². The van der Waals surface area contributed by atoms with Crippen molar-refractivity contribution in [3.8, 4) is 0 Å². The van der Waals surface area contributed by atoms with E-state index in [1.807, 2.05) is 0 Å². The van der Waals surface area contributed by atoms with Crippen LogP contribution >= 0.6 is 24.4 Å². The zero-order valence-corrected chi connectivity index (χ0v) is 51.6. The molecule has 18 N–H and O–H groups in total. The number of carboxylic acids is 10. The Morgan fingerprint density at radius 2 is 0.837 bits per heavy atom. The number of rotatable bonds is 45. The number of carbonyl (C=O) groups excluding carboxylic acids is 2. The number of hydrogen-bond acceptors (Lipinski definition) is 21. The van der Waals surface area contributed by atoms with E-state index in [2.05, 4.69) is 31.9 Å². The molecule has 3 rings (SSSR count). The molecule has 508 valence electrons. The Bertz CT molecular complexity index is 2830. The van der Waals surface area contributed by atoms with E-state index in [-0.39, 0.29) is 81.6 Å². The highest BCUT2D eigenvalue weighted by atomic mass is 32.1. The van der Waals surface area contributed by atoms with Crippen molar-refractivity contribution in [3.63, 3.8) is 0 Å². The van der Waals surface area contributed by atoms with Gasteiger partial charge in [0.25, 0.3) is 0 Å². The first-order valence-corrected chi connectivity index (χ1v) is 29.4. The third kappa shape index (κ3) is 32.8. The van der Waals surface area contributed by atoms with Crippen molar-refractivity contribution in [2.24, 2.45) is 5.73 Å². The molecule has 5 atom stereocenters. The molecular weight excluding hydrogens is 1260 g/mol. The number of nitrogens with one attached hydrogen (secondary N) is 6. The molecule has 37 heteroatoms. The molecule has 2 amide bonds. The normalized spacial score (nSPS) is 15.6. The number of anilines is 2. The maximum Gasteiger partial charge on any atom is 0.317 e. The summed E-state index contributed by atoms with van der Waals surface area (Å²) in [7, 11) is 0. The van der Waals surface area contributed by atoms with Crippen LogP contribution in [0.3, 0.4) is 0 Å². The predicted octanol–water partition coefficient (Wildman–Crippen LogP) is -3.34. The second kappa shape index (κ2) is 40.1. The van der Waals surface area contributed by atoms with Crippen molar-refractivity contribution < 1.29 is 109 Å². The highest BCUT2D eigenvalue weighted by Gasteiger charge is 2.32. The van der Waals surface area contributed by atoms with Gasteiger partial charge in [-0.1, -0.05) is 24.3 Å². The van der Waals surface area contributed by atoms with E-state index >= 15 is 0 Å². The van der Waals surface area contributed by atoms with E-state index in [1.54, 1.807) is 48.5 Å². The number of thiocarbonyl (C=S) groups is 2. The summed E-state index contributed by atoms with van der Waals surface area (Å²) in [5.41, 5.74) is 7.75. The number of carbonyl (C=O) groups is 12. The Balaban J connectivity index is 1.67. The van der Waals surface area contributed by atoms with Crippen LogP contribution in [0.25, 0.3) is 0 Å². The molecule has 1 fully saturated rings. The van der Waals surface area contributed by atoms with Gasteiger partial charge < -0.3 is 83.4 Å². The molecule has 1 saturated heterocycles. The van der Waals surface area contributed by atoms with Gasteiger partial charge in [0.2, 0.25) is 11.8 Å². The summed E-state index contributed by atoms with van der Waals surface area (Å²) < 4.78 is 0. The van der Waals surface area contributed by atoms with Gasteiger partial charge in [0.1, 0.15) is 6.04 Å². The van der Waals surface area contributed by atoms with Crippen molar-refractivity contribution >= 4 is 118 Å².